The van der Waals surface area contributed by atoms with Crippen molar-refractivity contribution in [2.24, 2.45) is 0 Å². The maximum absolute atomic E-state index is 12.0. The third-order valence-electron chi connectivity index (χ3n) is 3.47. The summed E-state index contributed by atoms with van der Waals surface area (Å²) in [6.45, 7) is 5.62. The Kier molecular flexibility index (Phi) is 5.18. The lowest BCUT2D eigenvalue weighted by atomic mass is 10.0. The third-order valence-corrected chi connectivity index (χ3v) is 5.28. The van der Waals surface area contributed by atoms with Crippen LogP contribution in [0, 0.1) is 0 Å². The van der Waals surface area contributed by atoms with Crippen LogP contribution in [-0.4, -0.2) is 33.4 Å². The Hall–Kier alpha value is -0.910. The van der Waals surface area contributed by atoms with E-state index in [1.54, 1.807) is 12.1 Å². The average molecular weight is 297 g/mol. The summed E-state index contributed by atoms with van der Waals surface area (Å²) in [4.78, 5) is 0.488. The maximum atomic E-state index is 12.0. The molecule has 1 aromatic rings. The van der Waals surface area contributed by atoms with Crippen LogP contribution in [0.3, 0.4) is 0 Å². The zero-order valence-electron chi connectivity index (χ0n) is 12.1. The van der Waals surface area contributed by atoms with Crippen LogP contribution >= 0.6 is 0 Å². The summed E-state index contributed by atoms with van der Waals surface area (Å²) < 4.78 is 29.5. The number of rotatable bonds is 6. The Balaban J connectivity index is 1.94. The fraction of sp³-hybridized carbons (Fsp3) is 0.600. The fourth-order valence-electron chi connectivity index (χ4n) is 2.47. The molecule has 4 nitrogen and oxygen atoms in total. The molecule has 1 aliphatic rings. The molecule has 0 saturated carbocycles. The van der Waals surface area contributed by atoms with Gasteiger partial charge in [-0.15, -0.1) is 0 Å². The molecule has 1 atom stereocenters. The number of sulfone groups is 1. The van der Waals surface area contributed by atoms with Gasteiger partial charge in [0.15, 0.2) is 9.84 Å². The minimum Gasteiger partial charge on any atom is -0.379 e. The lowest BCUT2D eigenvalue weighted by molar-refractivity contribution is 0.0766. The number of ether oxygens (including phenoxy) is 1. The molecule has 0 bridgehead atoms. The van der Waals surface area contributed by atoms with E-state index in [1.807, 2.05) is 26.0 Å². The van der Waals surface area contributed by atoms with Crippen LogP contribution in [0.15, 0.2) is 29.2 Å². The van der Waals surface area contributed by atoms with Gasteiger partial charge in [0.1, 0.15) is 0 Å². The SMILES string of the molecule is CC(C)OCCCNC1CCS(=O)(=O)c2ccccc21. The summed E-state index contributed by atoms with van der Waals surface area (Å²) in [7, 11) is -3.09. The molecule has 0 spiro atoms. The molecular weight excluding hydrogens is 274 g/mol. The summed E-state index contributed by atoms with van der Waals surface area (Å²) in [5.41, 5.74) is 0.906. The minimum atomic E-state index is -3.09. The first-order valence-corrected chi connectivity index (χ1v) is 8.82. The molecule has 5 heteroatoms. The molecule has 0 saturated heterocycles. The first-order chi connectivity index (χ1) is 9.50. The van der Waals surface area contributed by atoms with E-state index in [0.717, 1.165) is 25.1 Å². The Bertz CT molecular complexity index is 540. The molecule has 1 N–H and O–H groups in total. The van der Waals surface area contributed by atoms with Crippen LogP contribution in [0.25, 0.3) is 0 Å². The summed E-state index contributed by atoms with van der Waals surface area (Å²) in [5, 5.41) is 3.44. The molecule has 2 rings (SSSR count). The summed E-state index contributed by atoms with van der Waals surface area (Å²) in [6.07, 6.45) is 1.84. The van der Waals surface area contributed by atoms with Crippen molar-refractivity contribution in [2.75, 3.05) is 18.9 Å². The van der Waals surface area contributed by atoms with Crippen molar-refractivity contribution in [1.29, 1.82) is 0 Å². The van der Waals surface area contributed by atoms with Crippen molar-refractivity contribution in [3.63, 3.8) is 0 Å². The van der Waals surface area contributed by atoms with Crippen molar-refractivity contribution in [3.05, 3.63) is 29.8 Å². The van der Waals surface area contributed by atoms with Crippen molar-refractivity contribution in [3.8, 4) is 0 Å². The number of hydrogen-bond acceptors (Lipinski definition) is 4. The van der Waals surface area contributed by atoms with E-state index in [2.05, 4.69) is 5.32 Å². The molecular formula is C15H23NO3S. The normalized spacial score (nSPS) is 20.9. The first kappa shape index (κ1) is 15.5. The highest BCUT2D eigenvalue weighted by atomic mass is 32.2. The average Bonchev–Trinajstić information content (AvgIpc) is 2.41. The molecule has 1 heterocycles. The van der Waals surface area contributed by atoms with Gasteiger partial charge in [-0.05, 0) is 44.9 Å². The van der Waals surface area contributed by atoms with E-state index >= 15 is 0 Å². The molecule has 112 valence electrons. The van der Waals surface area contributed by atoms with Crippen LogP contribution in [0.2, 0.25) is 0 Å². The van der Waals surface area contributed by atoms with E-state index in [9.17, 15) is 8.42 Å². The van der Waals surface area contributed by atoms with E-state index in [-0.39, 0.29) is 17.9 Å². The zero-order chi connectivity index (χ0) is 14.6. The lowest BCUT2D eigenvalue weighted by Crippen LogP contribution is -2.30. The van der Waals surface area contributed by atoms with Gasteiger partial charge in [-0.25, -0.2) is 8.42 Å². The van der Waals surface area contributed by atoms with Gasteiger partial charge in [-0.3, -0.25) is 0 Å². The van der Waals surface area contributed by atoms with E-state index < -0.39 is 9.84 Å². The Morgan fingerprint density at radius 3 is 2.85 bits per heavy atom. The fourth-order valence-corrected chi connectivity index (χ4v) is 4.09. The lowest BCUT2D eigenvalue weighted by Gasteiger charge is -2.26. The summed E-state index contributed by atoms with van der Waals surface area (Å²) in [5.74, 6) is 0.226. The first-order valence-electron chi connectivity index (χ1n) is 7.17. The second-order valence-electron chi connectivity index (χ2n) is 5.43. The number of hydrogen-bond donors (Lipinski definition) is 1. The highest BCUT2D eigenvalue weighted by molar-refractivity contribution is 7.91. The predicted octanol–water partition coefficient (Wildman–Crippen LogP) is 2.31. The molecule has 0 radical (unpaired) electrons. The van der Waals surface area contributed by atoms with E-state index in [0.29, 0.717) is 11.3 Å². The predicted molar refractivity (Wildman–Crippen MR) is 79.6 cm³/mol. The number of benzene rings is 1. The van der Waals surface area contributed by atoms with Gasteiger partial charge >= 0.3 is 0 Å². The second-order valence-corrected chi connectivity index (χ2v) is 7.50. The minimum absolute atomic E-state index is 0.133. The number of fused-ring (bicyclic) bond motifs is 1. The third kappa shape index (κ3) is 3.81. The maximum Gasteiger partial charge on any atom is 0.178 e. The van der Waals surface area contributed by atoms with Gasteiger partial charge in [0, 0.05) is 12.6 Å². The highest BCUT2D eigenvalue weighted by Crippen LogP contribution is 2.31. The monoisotopic (exact) mass is 297 g/mol. The summed E-state index contributed by atoms with van der Waals surface area (Å²) in [6, 6.07) is 7.44. The second kappa shape index (κ2) is 6.70. The van der Waals surface area contributed by atoms with Gasteiger partial charge in [-0.1, -0.05) is 18.2 Å². The van der Waals surface area contributed by atoms with Crippen molar-refractivity contribution in [2.45, 2.75) is 43.7 Å². The highest BCUT2D eigenvalue weighted by Gasteiger charge is 2.29. The molecule has 1 aliphatic heterocycles. The van der Waals surface area contributed by atoms with Gasteiger partial charge in [0.25, 0.3) is 0 Å². The van der Waals surface area contributed by atoms with Crippen LogP contribution in [0.5, 0.6) is 0 Å². The summed E-state index contributed by atoms with van der Waals surface area (Å²) >= 11 is 0. The Labute approximate surface area is 121 Å². The van der Waals surface area contributed by atoms with Crippen molar-refractivity contribution < 1.29 is 13.2 Å². The topological polar surface area (TPSA) is 55.4 Å². The molecule has 0 aromatic heterocycles. The van der Waals surface area contributed by atoms with Crippen molar-refractivity contribution >= 4 is 9.84 Å². The quantitative estimate of drug-likeness (QED) is 0.819. The standard InChI is InChI=1S/C15H23NO3S/c1-12(2)19-10-5-9-16-14-8-11-20(17,18)15-7-4-3-6-13(14)15/h3-4,6-7,12,14,16H,5,8-11H2,1-2H3. The largest absolute Gasteiger partial charge is 0.379 e. The van der Waals surface area contributed by atoms with E-state index in [1.165, 1.54) is 0 Å². The molecule has 0 aliphatic carbocycles. The van der Waals surface area contributed by atoms with Gasteiger partial charge in [-0.2, -0.15) is 0 Å². The van der Waals surface area contributed by atoms with Crippen molar-refractivity contribution in [1.82, 2.24) is 5.32 Å². The molecule has 0 fully saturated rings. The smallest absolute Gasteiger partial charge is 0.178 e. The van der Waals surface area contributed by atoms with Crippen LogP contribution in [0.1, 0.15) is 38.3 Å². The van der Waals surface area contributed by atoms with Crippen LogP contribution in [-0.2, 0) is 14.6 Å². The van der Waals surface area contributed by atoms with E-state index in [4.69, 9.17) is 4.74 Å². The Morgan fingerprint density at radius 1 is 1.35 bits per heavy atom. The van der Waals surface area contributed by atoms with Gasteiger partial charge in [0.2, 0.25) is 0 Å². The molecule has 0 amide bonds. The molecule has 1 aromatic carbocycles. The van der Waals surface area contributed by atoms with Gasteiger partial charge in [0.05, 0.1) is 16.8 Å². The zero-order valence-corrected chi connectivity index (χ0v) is 12.9. The number of nitrogens with one attached hydrogen (secondary N) is 1. The molecule has 20 heavy (non-hydrogen) atoms. The van der Waals surface area contributed by atoms with Gasteiger partial charge < -0.3 is 10.1 Å². The Morgan fingerprint density at radius 2 is 2.10 bits per heavy atom. The van der Waals surface area contributed by atoms with Crippen LogP contribution < -0.4 is 5.32 Å². The van der Waals surface area contributed by atoms with Crippen LogP contribution in [0.4, 0.5) is 0 Å². The molecule has 1 unspecified atom stereocenters.